The minimum absolute atomic E-state index is 0.816. The molecule has 0 spiro atoms. The third kappa shape index (κ3) is 4.97. The van der Waals surface area contributed by atoms with Gasteiger partial charge >= 0.3 is 0 Å². The van der Waals surface area contributed by atoms with E-state index in [0.29, 0.717) is 0 Å². The second kappa shape index (κ2) is 8.56. The Morgan fingerprint density at radius 3 is 2.21 bits per heavy atom. The molecule has 1 saturated carbocycles. The topological polar surface area (TPSA) is 12.0 Å². The van der Waals surface area contributed by atoms with Crippen LogP contribution in [0.5, 0.6) is 0 Å². The molecule has 1 heterocycles. The van der Waals surface area contributed by atoms with Gasteiger partial charge in [0.15, 0.2) is 0 Å². The predicted molar refractivity (Wildman–Crippen MR) is 87.9 cm³/mol. The van der Waals surface area contributed by atoms with Crippen molar-refractivity contribution in [2.75, 3.05) is 18.1 Å². The molecule has 2 heteroatoms. The highest BCUT2D eigenvalue weighted by atomic mass is 32.2. The van der Waals surface area contributed by atoms with Crippen LogP contribution in [0.2, 0.25) is 0 Å². The molecule has 1 aliphatic carbocycles. The van der Waals surface area contributed by atoms with Crippen LogP contribution in [0.25, 0.3) is 0 Å². The summed E-state index contributed by atoms with van der Waals surface area (Å²) in [4.78, 5) is 0. The second-order valence-electron chi connectivity index (χ2n) is 6.64. The van der Waals surface area contributed by atoms with Gasteiger partial charge in [-0.3, -0.25) is 0 Å². The number of nitrogens with one attached hydrogen (secondary N) is 1. The van der Waals surface area contributed by atoms with Crippen molar-refractivity contribution in [2.45, 2.75) is 71.3 Å². The van der Waals surface area contributed by atoms with E-state index >= 15 is 0 Å². The zero-order valence-corrected chi connectivity index (χ0v) is 13.8. The van der Waals surface area contributed by atoms with Gasteiger partial charge in [0, 0.05) is 6.04 Å². The summed E-state index contributed by atoms with van der Waals surface area (Å²) in [5.74, 6) is 5.83. The van der Waals surface area contributed by atoms with E-state index in [0.717, 1.165) is 30.3 Å². The summed E-state index contributed by atoms with van der Waals surface area (Å²) < 4.78 is 0. The van der Waals surface area contributed by atoms with E-state index in [1.165, 1.54) is 62.9 Å². The van der Waals surface area contributed by atoms with Crippen molar-refractivity contribution in [1.82, 2.24) is 5.32 Å². The van der Waals surface area contributed by atoms with Gasteiger partial charge in [-0.15, -0.1) is 0 Å². The highest BCUT2D eigenvalue weighted by Crippen LogP contribution is 2.36. The molecule has 0 aromatic heterocycles. The smallest absolute Gasteiger partial charge is 0.00978 e. The minimum Gasteiger partial charge on any atom is -0.314 e. The van der Waals surface area contributed by atoms with Crippen LogP contribution in [0.4, 0.5) is 0 Å². The molecule has 19 heavy (non-hydrogen) atoms. The molecule has 1 saturated heterocycles. The molecular weight excluding hydrogens is 250 g/mol. The van der Waals surface area contributed by atoms with Crippen molar-refractivity contribution < 1.29 is 0 Å². The first kappa shape index (κ1) is 15.7. The summed E-state index contributed by atoms with van der Waals surface area (Å²) in [6, 6.07) is 0.816. The first-order chi connectivity index (χ1) is 9.33. The predicted octanol–water partition coefficient (Wildman–Crippen LogP) is 4.71. The average molecular weight is 284 g/mol. The maximum absolute atomic E-state index is 3.83. The van der Waals surface area contributed by atoms with E-state index in [2.05, 4.69) is 30.9 Å². The maximum atomic E-state index is 3.83. The van der Waals surface area contributed by atoms with Crippen LogP contribution in [0.1, 0.15) is 65.2 Å². The van der Waals surface area contributed by atoms with E-state index in [4.69, 9.17) is 0 Å². The van der Waals surface area contributed by atoms with Crippen LogP contribution in [-0.2, 0) is 0 Å². The third-order valence-corrected chi connectivity index (χ3v) is 6.48. The largest absolute Gasteiger partial charge is 0.314 e. The normalized spacial score (nSPS) is 31.3. The Labute approximate surface area is 124 Å². The van der Waals surface area contributed by atoms with Crippen LogP contribution in [0.15, 0.2) is 0 Å². The monoisotopic (exact) mass is 283 g/mol. The zero-order chi connectivity index (χ0) is 13.5. The van der Waals surface area contributed by atoms with Gasteiger partial charge < -0.3 is 5.32 Å². The van der Waals surface area contributed by atoms with Crippen LogP contribution in [0.3, 0.4) is 0 Å². The first-order valence-electron chi connectivity index (χ1n) is 8.64. The molecular formula is C17H33NS. The molecule has 1 unspecified atom stereocenters. The van der Waals surface area contributed by atoms with Crippen molar-refractivity contribution in [3.05, 3.63) is 0 Å². The molecule has 0 amide bonds. The summed E-state index contributed by atoms with van der Waals surface area (Å²) >= 11 is 2.16. The van der Waals surface area contributed by atoms with Crippen molar-refractivity contribution in [2.24, 2.45) is 17.8 Å². The van der Waals surface area contributed by atoms with E-state index in [1.807, 2.05) is 0 Å². The lowest BCUT2D eigenvalue weighted by atomic mass is 9.75. The van der Waals surface area contributed by atoms with Gasteiger partial charge in [-0.05, 0) is 67.9 Å². The lowest BCUT2D eigenvalue weighted by Crippen LogP contribution is -2.40. The van der Waals surface area contributed by atoms with Gasteiger partial charge in [0.05, 0.1) is 0 Å². The average Bonchev–Trinajstić information content (AvgIpc) is 2.48. The Morgan fingerprint density at radius 1 is 0.947 bits per heavy atom. The first-order valence-corrected chi connectivity index (χ1v) is 9.80. The lowest BCUT2D eigenvalue weighted by Gasteiger charge is -2.36. The van der Waals surface area contributed by atoms with Gasteiger partial charge in [-0.25, -0.2) is 0 Å². The molecule has 112 valence electrons. The highest BCUT2D eigenvalue weighted by molar-refractivity contribution is 7.99. The quantitative estimate of drug-likeness (QED) is 0.757. The van der Waals surface area contributed by atoms with Gasteiger partial charge in [-0.2, -0.15) is 11.8 Å². The molecule has 0 aromatic carbocycles. The molecule has 1 aliphatic heterocycles. The standard InChI is InChI=1S/C17H33NS/c1-3-14-5-7-16(8-6-14)17(18-4-2)13-15-9-11-19-12-10-15/h14-18H,3-13H2,1-2H3. The van der Waals surface area contributed by atoms with E-state index in [-0.39, 0.29) is 0 Å². The molecule has 1 nitrogen and oxygen atoms in total. The fourth-order valence-electron chi connectivity index (χ4n) is 4.04. The van der Waals surface area contributed by atoms with Crippen LogP contribution in [-0.4, -0.2) is 24.1 Å². The Kier molecular flexibility index (Phi) is 7.07. The molecule has 2 aliphatic rings. The summed E-state index contributed by atoms with van der Waals surface area (Å²) in [5, 5.41) is 3.83. The van der Waals surface area contributed by atoms with Crippen LogP contribution in [0, 0.1) is 17.8 Å². The number of thioether (sulfide) groups is 1. The molecule has 2 fully saturated rings. The Balaban J connectivity index is 1.81. The molecule has 1 atom stereocenters. The van der Waals surface area contributed by atoms with Gasteiger partial charge in [0.25, 0.3) is 0 Å². The van der Waals surface area contributed by atoms with Crippen LogP contribution >= 0.6 is 11.8 Å². The SMILES string of the molecule is CCNC(CC1CCSCC1)C1CCC(CC)CC1. The Morgan fingerprint density at radius 2 is 1.63 bits per heavy atom. The van der Waals surface area contributed by atoms with Crippen molar-refractivity contribution in [3.8, 4) is 0 Å². The molecule has 0 radical (unpaired) electrons. The number of rotatable bonds is 6. The third-order valence-electron chi connectivity index (χ3n) is 5.43. The Hall–Kier alpha value is 0.310. The number of hydrogen-bond acceptors (Lipinski definition) is 2. The van der Waals surface area contributed by atoms with Crippen molar-refractivity contribution in [3.63, 3.8) is 0 Å². The lowest BCUT2D eigenvalue weighted by molar-refractivity contribution is 0.195. The van der Waals surface area contributed by atoms with E-state index < -0.39 is 0 Å². The van der Waals surface area contributed by atoms with Gasteiger partial charge in [0.2, 0.25) is 0 Å². The Bertz CT molecular complexity index is 229. The molecule has 0 bridgehead atoms. The molecule has 2 rings (SSSR count). The highest BCUT2D eigenvalue weighted by Gasteiger charge is 2.28. The van der Waals surface area contributed by atoms with Crippen LogP contribution < -0.4 is 5.32 Å². The second-order valence-corrected chi connectivity index (χ2v) is 7.87. The van der Waals surface area contributed by atoms with E-state index in [9.17, 15) is 0 Å². The minimum atomic E-state index is 0.816. The molecule has 1 N–H and O–H groups in total. The maximum Gasteiger partial charge on any atom is 0.00978 e. The van der Waals surface area contributed by atoms with E-state index in [1.54, 1.807) is 0 Å². The fourth-order valence-corrected chi connectivity index (χ4v) is 5.25. The molecule has 0 aromatic rings. The zero-order valence-electron chi connectivity index (χ0n) is 13.0. The fraction of sp³-hybridized carbons (Fsp3) is 1.00. The van der Waals surface area contributed by atoms with Gasteiger partial charge in [-0.1, -0.05) is 33.1 Å². The summed E-state index contributed by atoms with van der Waals surface area (Å²) in [5.41, 5.74) is 0. The van der Waals surface area contributed by atoms with Crippen molar-refractivity contribution >= 4 is 11.8 Å². The van der Waals surface area contributed by atoms with Gasteiger partial charge in [0.1, 0.15) is 0 Å². The number of hydrogen-bond donors (Lipinski definition) is 1. The summed E-state index contributed by atoms with van der Waals surface area (Å²) in [7, 11) is 0. The summed E-state index contributed by atoms with van der Waals surface area (Å²) in [6.45, 7) is 5.80. The van der Waals surface area contributed by atoms with Crippen molar-refractivity contribution in [1.29, 1.82) is 0 Å². The summed E-state index contributed by atoms with van der Waals surface area (Å²) in [6.07, 6.45) is 11.7.